The number of fused-ring (bicyclic) bond motifs is 1. The Hall–Kier alpha value is -0.820. The number of nitrogens with two attached hydrogens (primary N) is 1. The van der Waals surface area contributed by atoms with Crippen LogP contribution in [-0.4, -0.2) is 6.04 Å². The molecule has 0 saturated heterocycles. The van der Waals surface area contributed by atoms with Crippen LogP contribution in [0.1, 0.15) is 43.9 Å². The molecule has 2 atom stereocenters. The van der Waals surface area contributed by atoms with Gasteiger partial charge in [-0.2, -0.15) is 0 Å². The van der Waals surface area contributed by atoms with Crippen molar-refractivity contribution < 1.29 is 0 Å². The Morgan fingerprint density at radius 1 is 1.12 bits per heavy atom. The molecule has 1 nitrogen and oxygen atoms in total. The van der Waals surface area contributed by atoms with Crippen molar-refractivity contribution in [3.63, 3.8) is 0 Å². The molecule has 17 heavy (non-hydrogen) atoms. The van der Waals surface area contributed by atoms with Crippen LogP contribution < -0.4 is 5.73 Å². The zero-order valence-corrected chi connectivity index (χ0v) is 11.4. The maximum Gasteiger partial charge on any atom is 0.0108 e. The largest absolute Gasteiger partial charge is 0.327 e. The molecule has 0 amide bonds. The SMILES string of the molecule is CC(C)C(C)C(N)Cc1ccc2c(c1)CCC2. The molecule has 1 aromatic carbocycles. The van der Waals surface area contributed by atoms with Gasteiger partial charge in [-0.15, -0.1) is 0 Å². The van der Waals surface area contributed by atoms with Gasteiger partial charge in [-0.25, -0.2) is 0 Å². The maximum atomic E-state index is 6.30. The molecule has 0 aliphatic heterocycles. The van der Waals surface area contributed by atoms with E-state index in [2.05, 4.69) is 39.0 Å². The van der Waals surface area contributed by atoms with Crippen molar-refractivity contribution in [3.8, 4) is 0 Å². The molecule has 94 valence electrons. The molecule has 1 heteroatoms. The van der Waals surface area contributed by atoms with E-state index in [0.29, 0.717) is 11.8 Å². The van der Waals surface area contributed by atoms with Crippen molar-refractivity contribution in [2.75, 3.05) is 0 Å². The molecule has 1 aliphatic carbocycles. The van der Waals surface area contributed by atoms with E-state index in [1.807, 2.05) is 0 Å². The molecule has 2 N–H and O–H groups in total. The molecular weight excluding hydrogens is 206 g/mol. The smallest absolute Gasteiger partial charge is 0.0108 e. The first-order valence-electron chi connectivity index (χ1n) is 6.94. The fraction of sp³-hybridized carbons (Fsp3) is 0.625. The van der Waals surface area contributed by atoms with Gasteiger partial charge < -0.3 is 5.73 Å². The normalized spacial score (nSPS) is 18.2. The van der Waals surface area contributed by atoms with E-state index in [0.717, 1.165) is 6.42 Å². The van der Waals surface area contributed by atoms with Crippen LogP contribution in [0.5, 0.6) is 0 Å². The van der Waals surface area contributed by atoms with Gasteiger partial charge in [0.1, 0.15) is 0 Å². The predicted molar refractivity (Wildman–Crippen MR) is 74.1 cm³/mol. The Morgan fingerprint density at radius 2 is 1.82 bits per heavy atom. The number of hydrogen-bond donors (Lipinski definition) is 1. The Kier molecular flexibility index (Phi) is 3.88. The molecule has 2 rings (SSSR count). The molecule has 0 aromatic heterocycles. The van der Waals surface area contributed by atoms with Gasteiger partial charge in [-0.1, -0.05) is 39.0 Å². The molecule has 0 bridgehead atoms. The second-order valence-corrected chi connectivity index (χ2v) is 5.93. The minimum Gasteiger partial charge on any atom is -0.327 e. The van der Waals surface area contributed by atoms with Gasteiger partial charge in [-0.3, -0.25) is 0 Å². The summed E-state index contributed by atoms with van der Waals surface area (Å²) in [5.74, 6) is 1.25. The number of aryl methyl sites for hydroxylation is 2. The van der Waals surface area contributed by atoms with Crippen LogP contribution >= 0.6 is 0 Å². The Morgan fingerprint density at radius 3 is 2.53 bits per heavy atom. The zero-order valence-electron chi connectivity index (χ0n) is 11.4. The maximum absolute atomic E-state index is 6.30. The van der Waals surface area contributed by atoms with E-state index in [4.69, 9.17) is 5.73 Å². The molecule has 2 unspecified atom stereocenters. The van der Waals surface area contributed by atoms with Gasteiger partial charge in [0.05, 0.1) is 0 Å². The van der Waals surface area contributed by atoms with E-state index >= 15 is 0 Å². The summed E-state index contributed by atoms with van der Waals surface area (Å²) >= 11 is 0. The summed E-state index contributed by atoms with van der Waals surface area (Å²) in [5.41, 5.74) is 10.8. The highest BCUT2D eigenvalue weighted by Crippen LogP contribution is 2.24. The van der Waals surface area contributed by atoms with Crippen molar-refractivity contribution in [1.29, 1.82) is 0 Å². The molecule has 0 heterocycles. The monoisotopic (exact) mass is 231 g/mol. The first kappa shape index (κ1) is 12.6. The van der Waals surface area contributed by atoms with Crippen LogP contribution in [-0.2, 0) is 19.3 Å². The van der Waals surface area contributed by atoms with Crippen molar-refractivity contribution >= 4 is 0 Å². The summed E-state index contributed by atoms with van der Waals surface area (Å²) in [6.07, 6.45) is 4.88. The number of benzene rings is 1. The second kappa shape index (κ2) is 5.22. The van der Waals surface area contributed by atoms with Gasteiger partial charge in [0.2, 0.25) is 0 Å². The lowest BCUT2D eigenvalue weighted by Gasteiger charge is -2.23. The van der Waals surface area contributed by atoms with Crippen LogP contribution in [0.25, 0.3) is 0 Å². The van der Waals surface area contributed by atoms with Crippen LogP contribution in [0.3, 0.4) is 0 Å². The molecular formula is C16H25N. The topological polar surface area (TPSA) is 26.0 Å². The van der Waals surface area contributed by atoms with Gasteiger partial charge >= 0.3 is 0 Å². The third-order valence-corrected chi connectivity index (χ3v) is 4.36. The lowest BCUT2D eigenvalue weighted by Crippen LogP contribution is -2.33. The Balaban J connectivity index is 2.04. The van der Waals surface area contributed by atoms with Crippen molar-refractivity contribution in [2.24, 2.45) is 17.6 Å². The highest BCUT2D eigenvalue weighted by atomic mass is 14.6. The third kappa shape index (κ3) is 2.90. The van der Waals surface area contributed by atoms with Gasteiger partial charge in [0, 0.05) is 6.04 Å². The minimum atomic E-state index is 0.287. The van der Waals surface area contributed by atoms with E-state index in [1.165, 1.54) is 24.8 Å². The Labute approximate surface area is 105 Å². The van der Waals surface area contributed by atoms with Crippen molar-refractivity contribution in [3.05, 3.63) is 34.9 Å². The summed E-state index contributed by atoms with van der Waals surface area (Å²) in [6.45, 7) is 6.78. The summed E-state index contributed by atoms with van der Waals surface area (Å²) in [5, 5.41) is 0. The predicted octanol–water partition coefficient (Wildman–Crippen LogP) is 3.34. The van der Waals surface area contributed by atoms with Crippen molar-refractivity contribution in [2.45, 2.75) is 52.5 Å². The average molecular weight is 231 g/mol. The summed E-state index contributed by atoms with van der Waals surface area (Å²) in [6, 6.07) is 7.26. The fourth-order valence-electron chi connectivity index (χ4n) is 2.70. The number of hydrogen-bond acceptors (Lipinski definition) is 1. The third-order valence-electron chi connectivity index (χ3n) is 4.36. The quantitative estimate of drug-likeness (QED) is 0.845. The van der Waals surface area contributed by atoms with E-state index < -0.39 is 0 Å². The molecule has 0 saturated carbocycles. The molecule has 0 fully saturated rings. The number of rotatable bonds is 4. The summed E-state index contributed by atoms with van der Waals surface area (Å²) in [7, 11) is 0. The van der Waals surface area contributed by atoms with Crippen LogP contribution in [0, 0.1) is 11.8 Å². The van der Waals surface area contributed by atoms with Gasteiger partial charge in [-0.05, 0) is 54.2 Å². The standard InChI is InChI=1S/C16H25N/c1-11(2)12(3)16(17)10-13-7-8-14-5-4-6-15(14)9-13/h7-9,11-12,16H,4-6,10,17H2,1-3H3. The van der Waals surface area contributed by atoms with Crippen LogP contribution in [0.2, 0.25) is 0 Å². The van der Waals surface area contributed by atoms with E-state index in [-0.39, 0.29) is 6.04 Å². The molecule has 1 aromatic rings. The highest BCUT2D eigenvalue weighted by molar-refractivity contribution is 5.35. The minimum absolute atomic E-state index is 0.287. The zero-order chi connectivity index (χ0) is 12.4. The molecule has 0 radical (unpaired) electrons. The lowest BCUT2D eigenvalue weighted by atomic mass is 9.87. The lowest BCUT2D eigenvalue weighted by molar-refractivity contribution is 0.344. The highest BCUT2D eigenvalue weighted by Gasteiger charge is 2.17. The van der Waals surface area contributed by atoms with Gasteiger partial charge in [0.15, 0.2) is 0 Å². The van der Waals surface area contributed by atoms with E-state index in [9.17, 15) is 0 Å². The van der Waals surface area contributed by atoms with Gasteiger partial charge in [0.25, 0.3) is 0 Å². The van der Waals surface area contributed by atoms with Crippen molar-refractivity contribution in [1.82, 2.24) is 0 Å². The van der Waals surface area contributed by atoms with Crippen LogP contribution in [0.15, 0.2) is 18.2 Å². The summed E-state index contributed by atoms with van der Waals surface area (Å²) in [4.78, 5) is 0. The summed E-state index contributed by atoms with van der Waals surface area (Å²) < 4.78 is 0. The van der Waals surface area contributed by atoms with E-state index in [1.54, 1.807) is 11.1 Å². The molecule has 0 spiro atoms. The average Bonchev–Trinajstić information content (AvgIpc) is 2.74. The fourth-order valence-corrected chi connectivity index (χ4v) is 2.70. The Bertz CT molecular complexity index is 381. The molecule has 1 aliphatic rings. The first-order chi connectivity index (χ1) is 8.08. The second-order valence-electron chi connectivity index (χ2n) is 5.93. The first-order valence-corrected chi connectivity index (χ1v) is 6.94. The van der Waals surface area contributed by atoms with Crippen LogP contribution in [0.4, 0.5) is 0 Å².